The Kier molecular flexibility index (Phi) is 2.37. The first-order valence-corrected chi connectivity index (χ1v) is 5.17. The molecular weight excluding hydrogens is 196 g/mol. The molecule has 14 heavy (non-hydrogen) atoms. The van der Waals surface area contributed by atoms with E-state index in [1.807, 2.05) is 16.8 Å². The predicted molar refractivity (Wildman–Crippen MR) is 58.5 cm³/mol. The van der Waals surface area contributed by atoms with Gasteiger partial charge in [0.15, 0.2) is 0 Å². The van der Waals surface area contributed by atoms with E-state index in [0.717, 1.165) is 5.56 Å². The first kappa shape index (κ1) is 9.02. The Hall–Kier alpha value is -1.55. The van der Waals surface area contributed by atoms with Gasteiger partial charge in [0.2, 0.25) is 0 Å². The second-order valence-electron chi connectivity index (χ2n) is 3.03. The second-order valence-corrected chi connectivity index (χ2v) is 3.81. The highest BCUT2D eigenvalue weighted by Gasteiger charge is 2.00. The lowest BCUT2D eigenvalue weighted by Gasteiger charge is -2.03. The summed E-state index contributed by atoms with van der Waals surface area (Å²) in [6.45, 7) is 0.591. The molecule has 0 saturated carbocycles. The molecule has 0 bridgehead atoms. The fourth-order valence-electron chi connectivity index (χ4n) is 1.26. The van der Waals surface area contributed by atoms with Crippen LogP contribution in [-0.2, 0) is 6.54 Å². The molecule has 0 atom stereocenters. The molecule has 0 radical (unpaired) electrons. The molecule has 0 amide bonds. The Labute approximate surface area is 85.4 Å². The molecule has 3 nitrogen and oxygen atoms in total. The fourth-order valence-corrected chi connectivity index (χ4v) is 1.92. The highest BCUT2D eigenvalue weighted by atomic mass is 32.1. The standard InChI is InChI=1S/C10H10N2OS/c11-9-2-1-4-12(10(9)13)6-8-3-5-14-7-8/h1-5,7H,6,11H2. The van der Waals surface area contributed by atoms with Gasteiger partial charge < -0.3 is 10.3 Å². The van der Waals surface area contributed by atoms with Crippen molar-refractivity contribution < 1.29 is 0 Å². The van der Waals surface area contributed by atoms with Crippen molar-refractivity contribution in [2.24, 2.45) is 0 Å². The average molecular weight is 206 g/mol. The van der Waals surface area contributed by atoms with Crippen LogP contribution in [0.4, 0.5) is 5.69 Å². The van der Waals surface area contributed by atoms with Gasteiger partial charge in [0.25, 0.3) is 5.56 Å². The Balaban J connectivity index is 2.34. The third kappa shape index (κ3) is 1.70. The maximum Gasteiger partial charge on any atom is 0.273 e. The molecule has 2 heterocycles. The summed E-state index contributed by atoms with van der Waals surface area (Å²) in [7, 11) is 0. The molecule has 72 valence electrons. The first-order valence-electron chi connectivity index (χ1n) is 4.23. The summed E-state index contributed by atoms with van der Waals surface area (Å²) in [5.41, 5.74) is 6.81. The number of rotatable bonds is 2. The van der Waals surface area contributed by atoms with Gasteiger partial charge in [0.1, 0.15) is 0 Å². The minimum Gasteiger partial charge on any atom is -0.394 e. The summed E-state index contributed by atoms with van der Waals surface area (Å²) < 4.78 is 1.61. The van der Waals surface area contributed by atoms with E-state index in [4.69, 9.17) is 5.73 Å². The molecule has 0 unspecified atom stereocenters. The van der Waals surface area contributed by atoms with Crippen molar-refractivity contribution in [1.29, 1.82) is 0 Å². The van der Waals surface area contributed by atoms with E-state index in [9.17, 15) is 4.79 Å². The molecule has 2 aromatic heterocycles. The number of nitrogen functional groups attached to an aromatic ring is 1. The van der Waals surface area contributed by atoms with E-state index < -0.39 is 0 Å². The number of thiophene rings is 1. The Bertz CT molecular complexity index is 473. The van der Waals surface area contributed by atoms with E-state index in [2.05, 4.69) is 0 Å². The number of aromatic nitrogens is 1. The Morgan fingerprint density at radius 1 is 1.43 bits per heavy atom. The molecule has 0 saturated heterocycles. The van der Waals surface area contributed by atoms with E-state index in [-0.39, 0.29) is 5.56 Å². The molecule has 0 spiro atoms. The topological polar surface area (TPSA) is 48.0 Å². The van der Waals surface area contributed by atoms with Crippen LogP contribution in [0.1, 0.15) is 5.56 Å². The second kappa shape index (κ2) is 3.67. The molecular formula is C10H10N2OS. The molecule has 0 aromatic carbocycles. The van der Waals surface area contributed by atoms with Crippen molar-refractivity contribution in [3.63, 3.8) is 0 Å². The Morgan fingerprint density at radius 2 is 2.29 bits per heavy atom. The molecule has 0 fully saturated rings. The van der Waals surface area contributed by atoms with Crippen molar-refractivity contribution in [3.8, 4) is 0 Å². The van der Waals surface area contributed by atoms with Crippen LogP contribution >= 0.6 is 11.3 Å². The van der Waals surface area contributed by atoms with Crippen molar-refractivity contribution in [3.05, 3.63) is 51.1 Å². The van der Waals surface area contributed by atoms with Gasteiger partial charge in [-0.2, -0.15) is 11.3 Å². The van der Waals surface area contributed by atoms with Gasteiger partial charge in [-0.3, -0.25) is 4.79 Å². The van der Waals surface area contributed by atoms with Gasteiger partial charge in [-0.25, -0.2) is 0 Å². The minimum absolute atomic E-state index is 0.126. The highest BCUT2D eigenvalue weighted by Crippen LogP contribution is 2.07. The van der Waals surface area contributed by atoms with Crippen LogP contribution in [0, 0.1) is 0 Å². The number of pyridine rings is 1. The number of nitrogens with two attached hydrogens (primary N) is 1. The zero-order chi connectivity index (χ0) is 9.97. The zero-order valence-electron chi connectivity index (χ0n) is 7.51. The lowest BCUT2D eigenvalue weighted by molar-refractivity contribution is 0.764. The number of anilines is 1. The van der Waals surface area contributed by atoms with Crippen LogP contribution in [0.3, 0.4) is 0 Å². The van der Waals surface area contributed by atoms with Crippen LogP contribution in [0.2, 0.25) is 0 Å². The van der Waals surface area contributed by atoms with Crippen molar-refractivity contribution in [2.45, 2.75) is 6.54 Å². The normalized spacial score (nSPS) is 10.3. The number of hydrogen-bond acceptors (Lipinski definition) is 3. The molecule has 0 aliphatic rings. The number of nitrogens with zero attached hydrogens (tertiary/aromatic N) is 1. The Morgan fingerprint density at radius 3 is 3.00 bits per heavy atom. The maximum absolute atomic E-state index is 11.5. The largest absolute Gasteiger partial charge is 0.394 e. The van der Waals surface area contributed by atoms with Crippen LogP contribution in [0.15, 0.2) is 40.0 Å². The average Bonchev–Trinajstić information content (AvgIpc) is 2.66. The quantitative estimate of drug-likeness (QED) is 0.810. The first-order chi connectivity index (χ1) is 6.77. The van der Waals surface area contributed by atoms with Gasteiger partial charge >= 0.3 is 0 Å². The van der Waals surface area contributed by atoms with E-state index in [1.54, 1.807) is 34.2 Å². The van der Waals surface area contributed by atoms with Crippen LogP contribution in [0.5, 0.6) is 0 Å². The summed E-state index contributed by atoms with van der Waals surface area (Å²) in [5.74, 6) is 0. The lowest BCUT2D eigenvalue weighted by Crippen LogP contribution is -2.22. The van der Waals surface area contributed by atoms with Gasteiger partial charge in [0, 0.05) is 6.20 Å². The summed E-state index contributed by atoms with van der Waals surface area (Å²) in [6.07, 6.45) is 1.75. The third-order valence-electron chi connectivity index (χ3n) is 1.98. The van der Waals surface area contributed by atoms with E-state index in [0.29, 0.717) is 12.2 Å². The number of hydrogen-bond donors (Lipinski definition) is 1. The summed E-state index contributed by atoms with van der Waals surface area (Å²) in [5, 5.41) is 4.02. The van der Waals surface area contributed by atoms with Gasteiger partial charge in [-0.05, 0) is 34.5 Å². The highest BCUT2D eigenvalue weighted by molar-refractivity contribution is 7.07. The SMILES string of the molecule is Nc1cccn(Cc2ccsc2)c1=O. The lowest BCUT2D eigenvalue weighted by atomic mass is 10.3. The summed E-state index contributed by atoms with van der Waals surface area (Å²) in [4.78, 5) is 11.5. The fraction of sp³-hybridized carbons (Fsp3) is 0.100. The molecule has 0 aliphatic carbocycles. The van der Waals surface area contributed by atoms with Crippen molar-refractivity contribution in [1.82, 2.24) is 4.57 Å². The predicted octanol–water partition coefficient (Wildman–Crippen LogP) is 1.54. The van der Waals surface area contributed by atoms with Gasteiger partial charge in [-0.1, -0.05) is 0 Å². The summed E-state index contributed by atoms with van der Waals surface area (Å²) >= 11 is 1.62. The van der Waals surface area contributed by atoms with Gasteiger partial charge in [0.05, 0.1) is 12.2 Å². The molecule has 2 aromatic rings. The van der Waals surface area contributed by atoms with Gasteiger partial charge in [-0.15, -0.1) is 0 Å². The molecule has 2 rings (SSSR count). The molecule has 0 aliphatic heterocycles. The van der Waals surface area contributed by atoms with Crippen molar-refractivity contribution >= 4 is 17.0 Å². The maximum atomic E-state index is 11.5. The third-order valence-corrected chi connectivity index (χ3v) is 2.71. The van der Waals surface area contributed by atoms with Crippen molar-refractivity contribution in [2.75, 3.05) is 5.73 Å². The minimum atomic E-state index is -0.126. The summed E-state index contributed by atoms with van der Waals surface area (Å²) in [6, 6.07) is 5.40. The van der Waals surface area contributed by atoms with Crippen LogP contribution in [0.25, 0.3) is 0 Å². The van der Waals surface area contributed by atoms with Crippen LogP contribution < -0.4 is 11.3 Å². The zero-order valence-corrected chi connectivity index (χ0v) is 8.33. The molecule has 4 heteroatoms. The molecule has 2 N–H and O–H groups in total. The van der Waals surface area contributed by atoms with E-state index in [1.165, 1.54) is 0 Å². The van der Waals surface area contributed by atoms with E-state index >= 15 is 0 Å². The van der Waals surface area contributed by atoms with Crippen LogP contribution in [-0.4, -0.2) is 4.57 Å². The monoisotopic (exact) mass is 206 g/mol. The smallest absolute Gasteiger partial charge is 0.273 e.